The molecule has 1 N–H and O–H groups in total. The maximum atomic E-state index is 13.0. The molecule has 3 heterocycles. The Balaban J connectivity index is 1.80. The normalized spacial score (nSPS) is 14.7. The van der Waals surface area contributed by atoms with Crippen LogP contribution in [0.2, 0.25) is 0 Å². The van der Waals surface area contributed by atoms with Crippen molar-refractivity contribution in [2.24, 2.45) is 7.05 Å². The van der Waals surface area contributed by atoms with Crippen LogP contribution in [0.3, 0.4) is 0 Å². The van der Waals surface area contributed by atoms with Gasteiger partial charge in [-0.15, -0.1) is 0 Å². The summed E-state index contributed by atoms with van der Waals surface area (Å²) in [5, 5.41) is 3.34. The fourth-order valence-electron chi connectivity index (χ4n) is 3.34. The summed E-state index contributed by atoms with van der Waals surface area (Å²) in [6.07, 6.45) is 0. The Morgan fingerprint density at radius 2 is 1.85 bits per heavy atom. The molecule has 2 aromatic heterocycles. The molecule has 1 aromatic carbocycles. The highest BCUT2D eigenvalue weighted by atomic mass is 16.5. The number of aryl methyl sites for hydroxylation is 2. The minimum absolute atomic E-state index is 0.155. The van der Waals surface area contributed by atoms with Gasteiger partial charge in [-0.2, -0.15) is 9.97 Å². The molecule has 1 saturated heterocycles. The van der Waals surface area contributed by atoms with Crippen LogP contribution >= 0.6 is 0 Å². The molecule has 0 saturated carbocycles. The number of ether oxygens (including phenoxy) is 1. The second-order valence-corrected chi connectivity index (χ2v) is 6.74. The van der Waals surface area contributed by atoms with E-state index >= 15 is 0 Å². The fraction of sp³-hybridized carbons (Fsp3) is 0.421. The Kier molecular flexibility index (Phi) is 4.57. The third-order valence-corrected chi connectivity index (χ3v) is 4.87. The van der Waals surface area contributed by atoms with E-state index < -0.39 is 0 Å². The standard InChI is InChI=1S/C19H24N6O2/c1-4-25-15-16(21-18(25)24-11-9-20-10-12-24)22-19(23(3)17(15)26)27-14-7-5-13(2)6-8-14/h5-8,20H,4,9-12H2,1-3H3. The first-order valence-corrected chi connectivity index (χ1v) is 9.26. The van der Waals surface area contributed by atoms with Crippen molar-refractivity contribution >= 4 is 17.1 Å². The van der Waals surface area contributed by atoms with Gasteiger partial charge in [0.2, 0.25) is 5.95 Å². The first kappa shape index (κ1) is 17.5. The summed E-state index contributed by atoms with van der Waals surface area (Å²) in [4.78, 5) is 24.4. The highest BCUT2D eigenvalue weighted by molar-refractivity contribution is 5.74. The van der Waals surface area contributed by atoms with Crippen LogP contribution < -0.4 is 20.5 Å². The lowest BCUT2D eigenvalue weighted by atomic mass is 10.2. The van der Waals surface area contributed by atoms with Gasteiger partial charge >= 0.3 is 6.01 Å². The second kappa shape index (κ2) is 7.03. The predicted octanol–water partition coefficient (Wildman–Crippen LogP) is 1.66. The summed E-state index contributed by atoms with van der Waals surface area (Å²) in [5.74, 6) is 1.44. The lowest BCUT2D eigenvalue weighted by Gasteiger charge is -2.28. The minimum Gasteiger partial charge on any atom is -0.425 e. The molecule has 8 nitrogen and oxygen atoms in total. The van der Waals surface area contributed by atoms with Gasteiger partial charge in [0.05, 0.1) is 0 Å². The maximum Gasteiger partial charge on any atom is 0.306 e. The van der Waals surface area contributed by atoms with E-state index in [4.69, 9.17) is 4.74 Å². The van der Waals surface area contributed by atoms with Gasteiger partial charge in [-0.1, -0.05) is 17.7 Å². The number of anilines is 1. The van der Waals surface area contributed by atoms with Gasteiger partial charge in [0.1, 0.15) is 5.75 Å². The number of hydrogen-bond acceptors (Lipinski definition) is 6. The van der Waals surface area contributed by atoms with E-state index in [2.05, 4.69) is 20.2 Å². The second-order valence-electron chi connectivity index (χ2n) is 6.74. The summed E-state index contributed by atoms with van der Waals surface area (Å²) in [7, 11) is 1.68. The van der Waals surface area contributed by atoms with Crippen LogP contribution in [0.5, 0.6) is 11.8 Å². The maximum absolute atomic E-state index is 13.0. The Hall–Kier alpha value is -2.87. The molecular weight excluding hydrogens is 344 g/mol. The van der Waals surface area contributed by atoms with Crippen molar-refractivity contribution in [2.75, 3.05) is 31.1 Å². The molecule has 27 heavy (non-hydrogen) atoms. The Morgan fingerprint density at radius 1 is 1.15 bits per heavy atom. The van der Waals surface area contributed by atoms with E-state index in [0.29, 0.717) is 23.5 Å². The average Bonchev–Trinajstić information content (AvgIpc) is 3.07. The number of imidazole rings is 1. The third-order valence-electron chi connectivity index (χ3n) is 4.87. The topological polar surface area (TPSA) is 77.2 Å². The molecule has 0 atom stereocenters. The van der Waals surface area contributed by atoms with Crippen molar-refractivity contribution in [3.63, 3.8) is 0 Å². The number of rotatable bonds is 4. The monoisotopic (exact) mass is 368 g/mol. The highest BCUT2D eigenvalue weighted by Crippen LogP contribution is 2.24. The molecule has 1 aliphatic rings. The zero-order valence-corrected chi connectivity index (χ0v) is 15.9. The Labute approximate surface area is 157 Å². The van der Waals surface area contributed by atoms with Crippen molar-refractivity contribution in [1.82, 2.24) is 24.4 Å². The smallest absolute Gasteiger partial charge is 0.306 e. The van der Waals surface area contributed by atoms with Crippen molar-refractivity contribution in [3.8, 4) is 11.8 Å². The molecule has 0 aliphatic carbocycles. The van der Waals surface area contributed by atoms with Crippen molar-refractivity contribution < 1.29 is 4.74 Å². The summed E-state index contributed by atoms with van der Waals surface area (Å²) in [5.41, 5.74) is 1.93. The van der Waals surface area contributed by atoms with E-state index in [1.807, 2.05) is 42.7 Å². The number of aromatic nitrogens is 4. The van der Waals surface area contributed by atoms with Gasteiger partial charge < -0.3 is 19.5 Å². The zero-order chi connectivity index (χ0) is 19.0. The summed E-state index contributed by atoms with van der Waals surface area (Å²) in [6, 6.07) is 7.88. The SMILES string of the molecule is CCn1c(N2CCNCC2)nc2nc(Oc3ccc(C)cc3)n(C)c(=O)c21. The molecule has 3 aromatic rings. The molecule has 8 heteroatoms. The number of benzene rings is 1. The minimum atomic E-state index is -0.155. The molecule has 0 unspecified atom stereocenters. The van der Waals surface area contributed by atoms with Crippen LogP contribution in [0.25, 0.3) is 11.2 Å². The van der Waals surface area contributed by atoms with E-state index in [-0.39, 0.29) is 11.6 Å². The van der Waals surface area contributed by atoms with Crippen molar-refractivity contribution in [1.29, 1.82) is 0 Å². The van der Waals surface area contributed by atoms with Crippen molar-refractivity contribution in [2.45, 2.75) is 20.4 Å². The van der Waals surface area contributed by atoms with Crippen LogP contribution in [0.4, 0.5) is 5.95 Å². The van der Waals surface area contributed by atoms with Crippen molar-refractivity contribution in [3.05, 3.63) is 40.2 Å². The van der Waals surface area contributed by atoms with Gasteiger partial charge in [0.25, 0.3) is 5.56 Å². The van der Waals surface area contributed by atoms with E-state index in [9.17, 15) is 4.79 Å². The third kappa shape index (κ3) is 3.16. The first-order valence-electron chi connectivity index (χ1n) is 9.26. The number of fused-ring (bicyclic) bond motifs is 1. The lowest BCUT2D eigenvalue weighted by Crippen LogP contribution is -2.44. The van der Waals surface area contributed by atoms with Gasteiger partial charge in [0.15, 0.2) is 11.2 Å². The molecule has 1 fully saturated rings. The zero-order valence-electron chi connectivity index (χ0n) is 15.9. The van der Waals surface area contributed by atoms with Gasteiger partial charge in [-0.05, 0) is 26.0 Å². The van der Waals surface area contributed by atoms with Crippen LogP contribution in [-0.4, -0.2) is 45.3 Å². The molecule has 0 amide bonds. The van der Waals surface area contributed by atoms with Gasteiger partial charge in [-0.25, -0.2) is 0 Å². The van der Waals surface area contributed by atoms with Crippen LogP contribution in [0.1, 0.15) is 12.5 Å². The molecule has 1 aliphatic heterocycles. The van der Waals surface area contributed by atoms with Crippen LogP contribution in [0.15, 0.2) is 29.1 Å². The van der Waals surface area contributed by atoms with Gasteiger partial charge in [-0.3, -0.25) is 9.36 Å². The summed E-state index contributed by atoms with van der Waals surface area (Å²) in [6.45, 7) is 8.21. The lowest BCUT2D eigenvalue weighted by molar-refractivity contribution is 0.415. The summed E-state index contributed by atoms with van der Waals surface area (Å²) >= 11 is 0. The average molecular weight is 368 g/mol. The summed E-state index contributed by atoms with van der Waals surface area (Å²) < 4.78 is 9.25. The molecular formula is C19H24N6O2. The van der Waals surface area contributed by atoms with Crippen LogP contribution in [0, 0.1) is 6.92 Å². The molecule has 0 bridgehead atoms. The first-order chi connectivity index (χ1) is 13.1. The van der Waals surface area contributed by atoms with E-state index in [1.54, 1.807) is 7.05 Å². The predicted molar refractivity (Wildman–Crippen MR) is 105 cm³/mol. The Bertz CT molecular complexity index is 1020. The quantitative estimate of drug-likeness (QED) is 0.755. The highest BCUT2D eigenvalue weighted by Gasteiger charge is 2.23. The number of hydrogen-bond donors (Lipinski definition) is 1. The number of piperazine rings is 1. The largest absolute Gasteiger partial charge is 0.425 e. The van der Waals surface area contributed by atoms with Crippen LogP contribution in [-0.2, 0) is 13.6 Å². The molecule has 0 spiro atoms. The number of nitrogens with zero attached hydrogens (tertiary/aromatic N) is 5. The number of nitrogens with one attached hydrogen (secondary N) is 1. The van der Waals surface area contributed by atoms with E-state index in [0.717, 1.165) is 37.7 Å². The van der Waals surface area contributed by atoms with E-state index in [1.165, 1.54) is 4.57 Å². The molecule has 142 valence electrons. The molecule has 0 radical (unpaired) electrons. The fourth-order valence-corrected chi connectivity index (χ4v) is 3.34. The van der Waals surface area contributed by atoms with Gasteiger partial charge in [0, 0.05) is 39.8 Å². The molecule has 4 rings (SSSR count). The Morgan fingerprint density at radius 3 is 2.52 bits per heavy atom.